The number of rotatable bonds is 7. The lowest BCUT2D eigenvalue weighted by Crippen LogP contribution is -2.35. The molecule has 140 valence electrons. The molecule has 0 saturated heterocycles. The Kier molecular flexibility index (Phi) is 5.70. The van der Waals surface area contributed by atoms with E-state index in [1.807, 2.05) is 26.1 Å². The van der Waals surface area contributed by atoms with E-state index in [4.69, 9.17) is 0 Å². The summed E-state index contributed by atoms with van der Waals surface area (Å²) in [6.07, 6.45) is 9.57. The van der Waals surface area contributed by atoms with Crippen molar-refractivity contribution in [2.75, 3.05) is 5.32 Å². The predicted molar refractivity (Wildman–Crippen MR) is 97.4 cm³/mol. The molecule has 0 radical (unpaired) electrons. The monoisotopic (exact) mass is 358 g/mol. The Morgan fingerprint density at radius 3 is 2.77 bits per heavy atom. The van der Waals surface area contributed by atoms with Gasteiger partial charge in [-0.05, 0) is 25.8 Å². The van der Waals surface area contributed by atoms with Crippen molar-refractivity contribution in [3.05, 3.63) is 30.4 Å². The fourth-order valence-electron chi connectivity index (χ4n) is 3.20. The van der Waals surface area contributed by atoms with Crippen LogP contribution in [0.2, 0.25) is 0 Å². The number of aromatic nitrogens is 4. The molecule has 0 bridgehead atoms. The summed E-state index contributed by atoms with van der Waals surface area (Å²) < 4.78 is 3.30. The largest absolute Gasteiger partial charge is 0.352 e. The van der Waals surface area contributed by atoms with E-state index in [9.17, 15) is 9.59 Å². The Hall–Kier alpha value is -2.64. The highest BCUT2D eigenvalue weighted by Crippen LogP contribution is 2.17. The first kappa shape index (κ1) is 18.2. The molecule has 3 rings (SSSR count). The fraction of sp³-hybridized carbons (Fsp3) is 0.556. The molecule has 2 amide bonds. The molecule has 0 aromatic carbocycles. The molecule has 26 heavy (non-hydrogen) atoms. The van der Waals surface area contributed by atoms with Crippen molar-refractivity contribution < 1.29 is 9.59 Å². The summed E-state index contributed by atoms with van der Waals surface area (Å²) in [7, 11) is 0. The Labute approximate surface area is 152 Å². The minimum atomic E-state index is -0.233. The van der Waals surface area contributed by atoms with Crippen molar-refractivity contribution in [2.45, 2.75) is 58.7 Å². The second-order valence-corrected chi connectivity index (χ2v) is 7.04. The highest BCUT2D eigenvalue weighted by molar-refractivity contribution is 5.92. The van der Waals surface area contributed by atoms with Crippen LogP contribution in [0.15, 0.2) is 24.7 Å². The number of carbonyl (C=O) groups excluding carboxylic acids is 2. The number of nitrogens with one attached hydrogen (secondary N) is 2. The number of amides is 2. The van der Waals surface area contributed by atoms with Crippen LogP contribution in [-0.4, -0.2) is 37.4 Å². The number of aryl methyl sites for hydroxylation is 1. The summed E-state index contributed by atoms with van der Waals surface area (Å²) >= 11 is 0. The minimum absolute atomic E-state index is 0.0414. The van der Waals surface area contributed by atoms with Crippen LogP contribution < -0.4 is 10.6 Å². The Morgan fingerprint density at radius 1 is 1.31 bits per heavy atom. The molecule has 1 saturated carbocycles. The molecule has 1 aliphatic carbocycles. The van der Waals surface area contributed by atoms with Crippen molar-refractivity contribution in [1.29, 1.82) is 0 Å². The van der Waals surface area contributed by atoms with Gasteiger partial charge in [0.25, 0.3) is 0 Å². The summed E-state index contributed by atoms with van der Waals surface area (Å²) in [5.41, 5.74) is 1.52. The van der Waals surface area contributed by atoms with Crippen LogP contribution in [0.1, 0.15) is 38.3 Å². The number of anilines is 1. The maximum absolute atomic E-state index is 12.3. The predicted octanol–water partition coefficient (Wildman–Crippen LogP) is 1.72. The number of nitrogens with zero attached hydrogens (tertiary/aromatic N) is 4. The van der Waals surface area contributed by atoms with Crippen LogP contribution in [0.25, 0.3) is 0 Å². The quantitative estimate of drug-likeness (QED) is 0.788. The molecule has 2 aromatic heterocycles. The van der Waals surface area contributed by atoms with Gasteiger partial charge in [0, 0.05) is 18.4 Å². The number of hydrogen-bond donors (Lipinski definition) is 2. The summed E-state index contributed by atoms with van der Waals surface area (Å²) in [5, 5.41) is 14.3. The Morgan fingerprint density at radius 2 is 2.08 bits per heavy atom. The van der Waals surface area contributed by atoms with Crippen molar-refractivity contribution in [1.82, 2.24) is 24.9 Å². The van der Waals surface area contributed by atoms with Gasteiger partial charge in [-0.15, -0.1) is 0 Å². The summed E-state index contributed by atoms with van der Waals surface area (Å²) in [5.74, 6) is -0.378. The zero-order chi connectivity index (χ0) is 18.5. The van der Waals surface area contributed by atoms with Gasteiger partial charge in [-0.25, -0.2) is 0 Å². The summed E-state index contributed by atoms with van der Waals surface area (Å²) in [4.78, 5) is 24.4. The molecule has 2 aromatic rings. The molecule has 8 nitrogen and oxygen atoms in total. The van der Waals surface area contributed by atoms with Gasteiger partial charge in [-0.2, -0.15) is 10.2 Å². The molecule has 1 atom stereocenters. The van der Waals surface area contributed by atoms with E-state index in [0.29, 0.717) is 18.3 Å². The lowest BCUT2D eigenvalue weighted by Gasteiger charge is -2.12. The zero-order valence-electron chi connectivity index (χ0n) is 15.3. The number of carbonyl (C=O) groups is 2. The number of hydrogen-bond acceptors (Lipinski definition) is 4. The molecule has 8 heteroatoms. The molecular formula is C18H26N6O2. The first-order chi connectivity index (χ1) is 12.5. The van der Waals surface area contributed by atoms with Gasteiger partial charge in [0.2, 0.25) is 11.8 Å². The standard InChI is InChI=1S/C18H26N6O2/c1-13(10-23-8-7-14(2)22-23)18(26)21-16-9-19-24(11-16)12-17(25)20-15-5-3-4-6-15/h7-9,11,13,15H,3-6,10,12H2,1-2H3,(H,20,25)(H,21,26). The minimum Gasteiger partial charge on any atom is -0.352 e. The van der Waals surface area contributed by atoms with Crippen LogP contribution in [-0.2, 0) is 22.7 Å². The molecule has 1 unspecified atom stereocenters. The maximum Gasteiger partial charge on any atom is 0.241 e. The lowest BCUT2D eigenvalue weighted by atomic mass is 10.1. The van der Waals surface area contributed by atoms with Crippen LogP contribution in [0, 0.1) is 12.8 Å². The van der Waals surface area contributed by atoms with Crippen molar-refractivity contribution >= 4 is 17.5 Å². The van der Waals surface area contributed by atoms with E-state index in [1.165, 1.54) is 12.8 Å². The maximum atomic E-state index is 12.3. The molecule has 0 aliphatic heterocycles. The first-order valence-electron chi connectivity index (χ1n) is 9.12. The molecule has 2 heterocycles. The van der Waals surface area contributed by atoms with Gasteiger partial charge < -0.3 is 10.6 Å². The normalized spacial score (nSPS) is 15.8. The summed E-state index contributed by atoms with van der Waals surface area (Å²) in [6.45, 7) is 4.44. The van der Waals surface area contributed by atoms with E-state index in [0.717, 1.165) is 18.5 Å². The second kappa shape index (κ2) is 8.16. The SMILES string of the molecule is Cc1ccn(CC(C)C(=O)Nc2cnn(CC(=O)NC3CCCC3)c2)n1. The highest BCUT2D eigenvalue weighted by atomic mass is 16.2. The van der Waals surface area contributed by atoms with E-state index in [-0.39, 0.29) is 24.3 Å². The second-order valence-electron chi connectivity index (χ2n) is 7.04. The molecule has 2 N–H and O–H groups in total. The van der Waals surface area contributed by atoms with Crippen LogP contribution in [0.5, 0.6) is 0 Å². The molecule has 1 fully saturated rings. The fourth-order valence-corrected chi connectivity index (χ4v) is 3.20. The third kappa shape index (κ3) is 4.93. The topological polar surface area (TPSA) is 93.8 Å². The lowest BCUT2D eigenvalue weighted by molar-refractivity contribution is -0.122. The average molecular weight is 358 g/mol. The first-order valence-corrected chi connectivity index (χ1v) is 9.12. The van der Waals surface area contributed by atoms with E-state index in [2.05, 4.69) is 20.8 Å². The van der Waals surface area contributed by atoms with E-state index < -0.39 is 0 Å². The summed E-state index contributed by atoms with van der Waals surface area (Å²) in [6, 6.07) is 2.20. The van der Waals surface area contributed by atoms with Crippen LogP contribution >= 0.6 is 0 Å². The van der Waals surface area contributed by atoms with Gasteiger partial charge in [-0.3, -0.25) is 19.0 Å². The highest BCUT2D eigenvalue weighted by Gasteiger charge is 2.18. The Balaban J connectivity index is 1.47. The van der Waals surface area contributed by atoms with Crippen LogP contribution in [0.4, 0.5) is 5.69 Å². The van der Waals surface area contributed by atoms with Crippen molar-refractivity contribution in [3.63, 3.8) is 0 Å². The van der Waals surface area contributed by atoms with Crippen LogP contribution in [0.3, 0.4) is 0 Å². The van der Waals surface area contributed by atoms with Crippen molar-refractivity contribution in [3.8, 4) is 0 Å². The van der Waals surface area contributed by atoms with Gasteiger partial charge in [0.05, 0.1) is 30.0 Å². The Bertz CT molecular complexity index is 759. The smallest absolute Gasteiger partial charge is 0.241 e. The van der Waals surface area contributed by atoms with E-state index in [1.54, 1.807) is 21.8 Å². The third-order valence-corrected chi connectivity index (χ3v) is 4.61. The molecule has 1 aliphatic rings. The van der Waals surface area contributed by atoms with E-state index >= 15 is 0 Å². The van der Waals surface area contributed by atoms with Gasteiger partial charge in [0.15, 0.2) is 0 Å². The molecular weight excluding hydrogens is 332 g/mol. The average Bonchev–Trinajstić information content (AvgIpc) is 3.31. The van der Waals surface area contributed by atoms with Gasteiger partial charge in [-0.1, -0.05) is 19.8 Å². The zero-order valence-corrected chi connectivity index (χ0v) is 15.3. The van der Waals surface area contributed by atoms with Gasteiger partial charge in [0.1, 0.15) is 6.54 Å². The third-order valence-electron chi connectivity index (χ3n) is 4.61. The van der Waals surface area contributed by atoms with Gasteiger partial charge >= 0.3 is 0 Å². The van der Waals surface area contributed by atoms with Crippen molar-refractivity contribution in [2.24, 2.45) is 5.92 Å². The molecule has 0 spiro atoms.